The number of nitrogens with zero attached hydrogens (tertiary/aromatic N) is 1. The molecule has 106 valence electrons. The molecule has 4 nitrogen and oxygen atoms in total. The monoisotopic (exact) mass is 272 g/mol. The van der Waals surface area contributed by atoms with E-state index in [-0.39, 0.29) is 5.91 Å². The van der Waals surface area contributed by atoms with Gasteiger partial charge in [0.05, 0.1) is 0 Å². The van der Waals surface area contributed by atoms with Gasteiger partial charge in [0.15, 0.2) is 0 Å². The summed E-state index contributed by atoms with van der Waals surface area (Å²) in [5.74, 6) is 0.749. The highest BCUT2D eigenvalue weighted by Crippen LogP contribution is 2.29. The predicted molar refractivity (Wildman–Crippen MR) is 78.1 cm³/mol. The summed E-state index contributed by atoms with van der Waals surface area (Å²) in [7, 11) is 0. The van der Waals surface area contributed by atoms with Gasteiger partial charge in [-0.25, -0.2) is 0 Å². The van der Waals surface area contributed by atoms with Crippen LogP contribution >= 0.6 is 0 Å². The van der Waals surface area contributed by atoms with E-state index in [0.717, 1.165) is 43.3 Å². The average Bonchev–Trinajstić information content (AvgIpc) is 2.46. The van der Waals surface area contributed by atoms with Crippen LogP contribution in [0.15, 0.2) is 18.2 Å². The minimum Gasteiger partial charge on any atom is -0.371 e. The summed E-state index contributed by atoms with van der Waals surface area (Å²) in [6.07, 6.45) is 3.55. The minimum atomic E-state index is 0.200. The van der Waals surface area contributed by atoms with Gasteiger partial charge in [-0.05, 0) is 49.4 Å². The average molecular weight is 272 g/mol. The first kappa shape index (κ1) is 13.2. The number of piperidine rings is 2. The van der Waals surface area contributed by atoms with E-state index in [1.165, 1.54) is 5.69 Å². The molecular weight excluding hydrogens is 252 g/mol. The van der Waals surface area contributed by atoms with Crippen molar-refractivity contribution in [2.75, 3.05) is 18.0 Å². The summed E-state index contributed by atoms with van der Waals surface area (Å²) in [5, 5.41) is 3.11. The standard InChI is InChI=1S/C16H20N2O2/c1-11-8-14(4-2-13(11)10-19)18-7-6-15-12(9-18)3-5-16(20)17-15/h2,4,8,10,12,15H,3,5-7,9H2,1H3,(H,17,20). The molecule has 20 heavy (non-hydrogen) atoms. The number of aldehydes is 1. The zero-order chi connectivity index (χ0) is 14.1. The first-order chi connectivity index (χ1) is 9.67. The number of rotatable bonds is 2. The predicted octanol–water partition coefficient (Wildman–Crippen LogP) is 1.91. The van der Waals surface area contributed by atoms with E-state index in [1.54, 1.807) is 0 Å². The number of hydrogen-bond acceptors (Lipinski definition) is 3. The Hall–Kier alpha value is -1.84. The van der Waals surface area contributed by atoms with Crippen LogP contribution in [-0.2, 0) is 4.79 Å². The summed E-state index contributed by atoms with van der Waals surface area (Å²) < 4.78 is 0. The Morgan fingerprint density at radius 1 is 1.35 bits per heavy atom. The normalized spacial score (nSPS) is 25.9. The molecule has 0 aliphatic carbocycles. The van der Waals surface area contributed by atoms with Crippen molar-refractivity contribution in [2.24, 2.45) is 5.92 Å². The second kappa shape index (κ2) is 5.27. The fourth-order valence-corrected chi connectivity index (χ4v) is 3.33. The highest BCUT2D eigenvalue weighted by atomic mass is 16.1. The molecular formula is C16H20N2O2. The van der Waals surface area contributed by atoms with Crippen molar-refractivity contribution in [3.63, 3.8) is 0 Å². The molecule has 2 heterocycles. The van der Waals surface area contributed by atoms with Gasteiger partial charge in [-0.2, -0.15) is 0 Å². The molecule has 1 N–H and O–H groups in total. The maximum Gasteiger partial charge on any atom is 0.220 e. The lowest BCUT2D eigenvalue weighted by molar-refractivity contribution is -0.124. The van der Waals surface area contributed by atoms with Crippen molar-refractivity contribution in [1.29, 1.82) is 0 Å². The van der Waals surface area contributed by atoms with Gasteiger partial charge in [0, 0.05) is 36.8 Å². The zero-order valence-corrected chi connectivity index (χ0v) is 11.8. The van der Waals surface area contributed by atoms with Crippen LogP contribution in [0.1, 0.15) is 35.2 Å². The molecule has 4 heteroatoms. The molecule has 2 saturated heterocycles. The van der Waals surface area contributed by atoms with Crippen LogP contribution in [0.3, 0.4) is 0 Å². The number of carbonyl (C=O) groups is 2. The van der Waals surface area contributed by atoms with Crippen molar-refractivity contribution in [3.8, 4) is 0 Å². The Kier molecular flexibility index (Phi) is 3.47. The van der Waals surface area contributed by atoms with E-state index in [2.05, 4.69) is 16.3 Å². The SMILES string of the molecule is Cc1cc(N2CCC3NC(=O)CCC3C2)ccc1C=O. The minimum absolute atomic E-state index is 0.200. The third-order valence-corrected chi connectivity index (χ3v) is 4.57. The van der Waals surface area contributed by atoms with Gasteiger partial charge in [0.1, 0.15) is 6.29 Å². The lowest BCUT2D eigenvalue weighted by atomic mass is 9.85. The topological polar surface area (TPSA) is 49.4 Å². The van der Waals surface area contributed by atoms with E-state index >= 15 is 0 Å². The number of hydrogen-bond donors (Lipinski definition) is 1. The molecule has 2 aliphatic heterocycles. The van der Waals surface area contributed by atoms with Crippen molar-refractivity contribution >= 4 is 17.9 Å². The second-order valence-corrected chi connectivity index (χ2v) is 5.87. The third kappa shape index (κ3) is 2.42. The quantitative estimate of drug-likeness (QED) is 0.837. The number of anilines is 1. The van der Waals surface area contributed by atoms with E-state index in [1.807, 2.05) is 19.1 Å². The molecule has 0 radical (unpaired) electrons. The van der Waals surface area contributed by atoms with Crippen molar-refractivity contribution in [3.05, 3.63) is 29.3 Å². The highest BCUT2D eigenvalue weighted by Gasteiger charge is 2.33. The van der Waals surface area contributed by atoms with Crippen molar-refractivity contribution in [2.45, 2.75) is 32.2 Å². The maximum atomic E-state index is 11.4. The first-order valence-corrected chi connectivity index (χ1v) is 7.27. The van der Waals surface area contributed by atoms with E-state index in [9.17, 15) is 9.59 Å². The van der Waals surface area contributed by atoms with Crippen molar-refractivity contribution in [1.82, 2.24) is 5.32 Å². The van der Waals surface area contributed by atoms with Crippen molar-refractivity contribution < 1.29 is 9.59 Å². The van der Waals surface area contributed by atoms with E-state index in [0.29, 0.717) is 18.4 Å². The molecule has 2 unspecified atom stereocenters. The molecule has 0 saturated carbocycles. The van der Waals surface area contributed by atoms with Gasteiger partial charge in [0.25, 0.3) is 0 Å². The Morgan fingerprint density at radius 2 is 2.20 bits per heavy atom. The lowest BCUT2D eigenvalue weighted by Gasteiger charge is -2.42. The number of fused-ring (bicyclic) bond motifs is 1. The van der Waals surface area contributed by atoms with Crippen LogP contribution in [-0.4, -0.2) is 31.3 Å². The van der Waals surface area contributed by atoms with E-state index in [4.69, 9.17) is 0 Å². The highest BCUT2D eigenvalue weighted by molar-refractivity contribution is 5.78. The number of carbonyl (C=O) groups excluding carboxylic acids is 2. The van der Waals surface area contributed by atoms with Gasteiger partial charge >= 0.3 is 0 Å². The molecule has 1 aromatic carbocycles. The number of benzene rings is 1. The fraction of sp³-hybridized carbons (Fsp3) is 0.500. The summed E-state index contributed by atoms with van der Waals surface area (Å²) in [4.78, 5) is 24.7. The van der Waals surface area contributed by atoms with Gasteiger partial charge in [-0.1, -0.05) is 0 Å². The van der Waals surface area contributed by atoms with Crippen LogP contribution in [0, 0.1) is 12.8 Å². The largest absolute Gasteiger partial charge is 0.371 e. The lowest BCUT2D eigenvalue weighted by Crippen LogP contribution is -2.54. The summed E-state index contributed by atoms with van der Waals surface area (Å²) in [6.45, 7) is 3.92. The van der Waals surface area contributed by atoms with Gasteiger partial charge < -0.3 is 10.2 Å². The Labute approximate surface area is 119 Å². The Morgan fingerprint density at radius 3 is 2.95 bits per heavy atom. The van der Waals surface area contributed by atoms with E-state index < -0.39 is 0 Å². The molecule has 0 spiro atoms. The van der Waals surface area contributed by atoms with Crippen LogP contribution in [0.25, 0.3) is 0 Å². The molecule has 2 aliphatic rings. The van der Waals surface area contributed by atoms with Gasteiger partial charge in [-0.3, -0.25) is 9.59 Å². The van der Waals surface area contributed by atoms with Crippen LogP contribution in [0.4, 0.5) is 5.69 Å². The molecule has 2 atom stereocenters. The third-order valence-electron chi connectivity index (χ3n) is 4.57. The number of nitrogens with one attached hydrogen (secondary N) is 1. The van der Waals surface area contributed by atoms with Gasteiger partial charge in [0.2, 0.25) is 5.91 Å². The maximum absolute atomic E-state index is 11.4. The molecule has 0 aromatic heterocycles. The fourth-order valence-electron chi connectivity index (χ4n) is 3.33. The van der Waals surface area contributed by atoms with Gasteiger partial charge in [-0.15, -0.1) is 0 Å². The zero-order valence-electron chi connectivity index (χ0n) is 11.8. The second-order valence-electron chi connectivity index (χ2n) is 5.87. The van der Waals surface area contributed by atoms with Crippen LogP contribution in [0.2, 0.25) is 0 Å². The number of aryl methyl sites for hydroxylation is 1. The summed E-state index contributed by atoms with van der Waals surface area (Å²) >= 11 is 0. The van der Waals surface area contributed by atoms with Crippen LogP contribution in [0.5, 0.6) is 0 Å². The molecule has 3 rings (SSSR count). The number of amides is 1. The smallest absolute Gasteiger partial charge is 0.220 e. The molecule has 1 aromatic rings. The first-order valence-electron chi connectivity index (χ1n) is 7.27. The Balaban J connectivity index is 1.74. The molecule has 1 amide bonds. The Bertz CT molecular complexity index is 541. The molecule has 2 fully saturated rings. The summed E-state index contributed by atoms with van der Waals surface area (Å²) in [6, 6.07) is 6.36. The van der Waals surface area contributed by atoms with Crippen LogP contribution < -0.4 is 10.2 Å². The molecule has 0 bridgehead atoms. The summed E-state index contributed by atoms with van der Waals surface area (Å²) in [5.41, 5.74) is 2.97.